The van der Waals surface area contributed by atoms with Crippen LogP contribution in [0.25, 0.3) is 0 Å². The number of hydrogen-bond acceptors (Lipinski definition) is 4. The van der Waals surface area contributed by atoms with Crippen LogP contribution in [-0.4, -0.2) is 29.8 Å². The molecule has 1 heterocycles. The number of benzene rings is 1. The third-order valence-corrected chi connectivity index (χ3v) is 3.90. The topological polar surface area (TPSA) is 63.7 Å². The molecule has 0 radical (unpaired) electrons. The van der Waals surface area contributed by atoms with Gasteiger partial charge in [0.15, 0.2) is 0 Å². The Morgan fingerprint density at radius 2 is 2.17 bits per heavy atom. The zero-order valence-corrected chi connectivity index (χ0v) is 15.2. The minimum absolute atomic E-state index is 0.414. The maximum atomic E-state index is 5.78. The van der Waals surface area contributed by atoms with E-state index in [0.717, 1.165) is 33.6 Å². The van der Waals surface area contributed by atoms with E-state index >= 15 is 0 Å². The van der Waals surface area contributed by atoms with Gasteiger partial charge in [-0.3, -0.25) is 0 Å². The fourth-order valence-corrected chi connectivity index (χ4v) is 2.28. The smallest absolute Gasteiger partial charge is 0.228 e. The first-order valence-electron chi connectivity index (χ1n) is 7.38. The normalized spacial score (nSPS) is 11.0. The Morgan fingerprint density at radius 1 is 1.39 bits per heavy atom. The van der Waals surface area contributed by atoms with Crippen LogP contribution in [-0.2, 0) is 6.61 Å². The molecule has 0 saturated carbocycles. The predicted molar refractivity (Wildman–Crippen MR) is 98.3 cm³/mol. The molecule has 0 atom stereocenters. The molecule has 5 nitrogen and oxygen atoms in total. The van der Waals surface area contributed by atoms with E-state index in [0.29, 0.717) is 12.5 Å². The second-order valence-electron chi connectivity index (χ2n) is 5.23. The van der Waals surface area contributed by atoms with Gasteiger partial charge in [0.05, 0.1) is 22.2 Å². The number of aromatic nitrogens is 1. The highest BCUT2D eigenvalue weighted by atomic mass is 79.9. The van der Waals surface area contributed by atoms with E-state index < -0.39 is 0 Å². The number of nitrogens with zero attached hydrogens (tertiary/aromatic N) is 3. The number of hydrogen-bond donors (Lipinski definition) is 1. The summed E-state index contributed by atoms with van der Waals surface area (Å²) in [4.78, 5) is 10.9. The van der Waals surface area contributed by atoms with Gasteiger partial charge in [-0.1, -0.05) is 12.1 Å². The van der Waals surface area contributed by atoms with Gasteiger partial charge >= 0.3 is 0 Å². The summed E-state index contributed by atoms with van der Waals surface area (Å²) in [5, 5.41) is 0. The summed E-state index contributed by atoms with van der Waals surface area (Å²) < 4.78 is 6.56. The number of aryl methyl sites for hydroxylation is 1. The molecule has 6 heteroatoms. The lowest BCUT2D eigenvalue weighted by Gasteiger charge is -2.11. The van der Waals surface area contributed by atoms with Crippen molar-refractivity contribution in [2.45, 2.75) is 20.5 Å². The lowest BCUT2D eigenvalue weighted by molar-refractivity contribution is 0.291. The fourth-order valence-electron chi connectivity index (χ4n) is 1.86. The summed E-state index contributed by atoms with van der Waals surface area (Å²) in [6, 6.07) is 9.53. The van der Waals surface area contributed by atoms with Crippen LogP contribution in [0.5, 0.6) is 5.88 Å². The zero-order valence-electron chi connectivity index (χ0n) is 13.6. The summed E-state index contributed by atoms with van der Waals surface area (Å²) in [6.45, 7) is 5.30. The van der Waals surface area contributed by atoms with E-state index in [1.54, 1.807) is 6.34 Å². The van der Waals surface area contributed by atoms with Crippen LogP contribution < -0.4 is 10.5 Å². The zero-order chi connectivity index (χ0) is 16.8. The van der Waals surface area contributed by atoms with Crippen molar-refractivity contribution in [3.63, 3.8) is 0 Å². The number of pyridine rings is 1. The Balaban J connectivity index is 2.12. The lowest BCUT2D eigenvalue weighted by atomic mass is 10.2. The average Bonchev–Trinajstić information content (AvgIpc) is 2.53. The molecule has 0 fully saturated rings. The molecular weight excluding hydrogens is 356 g/mol. The molecule has 0 aliphatic rings. The summed E-state index contributed by atoms with van der Waals surface area (Å²) in [5.74, 6) is 0.549. The van der Waals surface area contributed by atoms with Crippen LogP contribution in [0, 0.1) is 6.92 Å². The molecule has 2 rings (SSSR count). The van der Waals surface area contributed by atoms with Gasteiger partial charge in [-0.2, -0.15) is 0 Å². The molecule has 122 valence electrons. The van der Waals surface area contributed by atoms with Crippen molar-refractivity contribution < 1.29 is 4.74 Å². The SMILES string of the molecule is CCN(C)C=Nc1cc(Br)c(OCc2cccc(N)c2)nc1C. The number of nitrogens with two attached hydrogens (primary N) is 1. The number of anilines is 1. The van der Waals surface area contributed by atoms with Gasteiger partial charge in [-0.15, -0.1) is 0 Å². The highest BCUT2D eigenvalue weighted by molar-refractivity contribution is 9.10. The maximum absolute atomic E-state index is 5.78. The van der Waals surface area contributed by atoms with Crippen molar-refractivity contribution in [3.05, 3.63) is 46.1 Å². The first-order chi connectivity index (χ1) is 11.0. The van der Waals surface area contributed by atoms with Gasteiger partial charge < -0.3 is 15.4 Å². The van der Waals surface area contributed by atoms with Gasteiger partial charge in [0.2, 0.25) is 5.88 Å². The minimum Gasteiger partial charge on any atom is -0.472 e. The first kappa shape index (κ1) is 17.3. The molecule has 1 aromatic heterocycles. The first-order valence-corrected chi connectivity index (χ1v) is 8.17. The molecule has 2 N–H and O–H groups in total. The second kappa shape index (κ2) is 7.97. The van der Waals surface area contributed by atoms with Crippen molar-refractivity contribution in [2.24, 2.45) is 4.99 Å². The highest BCUT2D eigenvalue weighted by Crippen LogP contribution is 2.30. The summed E-state index contributed by atoms with van der Waals surface area (Å²) >= 11 is 3.49. The molecule has 0 aliphatic heterocycles. The van der Waals surface area contributed by atoms with E-state index in [-0.39, 0.29) is 0 Å². The number of rotatable bonds is 6. The highest BCUT2D eigenvalue weighted by Gasteiger charge is 2.08. The summed E-state index contributed by atoms with van der Waals surface area (Å²) in [5.41, 5.74) is 9.12. The van der Waals surface area contributed by atoms with E-state index in [1.165, 1.54) is 0 Å². The monoisotopic (exact) mass is 376 g/mol. The van der Waals surface area contributed by atoms with Crippen molar-refractivity contribution >= 4 is 33.6 Å². The van der Waals surface area contributed by atoms with Crippen molar-refractivity contribution in [3.8, 4) is 5.88 Å². The Bertz CT molecular complexity index is 703. The Hall–Kier alpha value is -2.08. The largest absolute Gasteiger partial charge is 0.472 e. The van der Waals surface area contributed by atoms with E-state index in [2.05, 4.69) is 32.8 Å². The van der Waals surface area contributed by atoms with Crippen molar-refractivity contribution in [1.82, 2.24) is 9.88 Å². The van der Waals surface area contributed by atoms with Crippen LogP contribution in [0.2, 0.25) is 0 Å². The molecule has 0 unspecified atom stereocenters. The van der Waals surface area contributed by atoms with Crippen LogP contribution in [0.3, 0.4) is 0 Å². The van der Waals surface area contributed by atoms with Gasteiger partial charge in [-0.05, 0) is 53.5 Å². The number of aliphatic imine (C=N–C) groups is 1. The molecule has 0 aliphatic carbocycles. The molecule has 23 heavy (non-hydrogen) atoms. The molecule has 0 bridgehead atoms. The Labute approximate surface area is 145 Å². The Kier molecular flexibility index (Phi) is 5.98. The minimum atomic E-state index is 0.414. The predicted octanol–water partition coefficient (Wildman–Crippen LogP) is 3.93. The van der Waals surface area contributed by atoms with Gasteiger partial charge in [0.25, 0.3) is 0 Å². The molecule has 0 amide bonds. The Morgan fingerprint density at radius 3 is 2.87 bits per heavy atom. The molecule has 2 aromatic rings. The molecular formula is C17H21BrN4O. The number of nitrogen functional groups attached to an aromatic ring is 1. The van der Waals surface area contributed by atoms with Gasteiger partial charge in [0, 0.05) is 19.3 Å². The molecule has 0 saturated heterocycles. The van der Waals surface area contributed by atoms with E-state index in [4.69, 9.17) is 10.5 Å². The van der Waals surface area contributed by atoms with E-state index in [9.17, 15) is 0 Å². The van der Waals surface area contributed by atoms with Crippen LogP contribution in [0.4, 0.5) is 11.4 Å². The van der Waals surface area contributed by atoms with Gasteiger partial charge in [-0.25, -0.2) is 9.98 Å². The quantitative estimate of drug-likeness (QED) is 0.471. The van der Waals surface area contributed by atoms with Gasteiger partial charge in [0.1, 0.15) is 6.61 Å². The van der Waals surface area contributed by atoms with Crippen LogP contribution >= 0.6 is 15.9 Å². The number of halogens is 1. The summed E-state index contributed by atoms with van der Waals surface area (Å²) in [7, 11) is 1.98. The lowest BCUT2D eigenvalue weighted by Crippen LogP contribution is -2.14. The van der Waals surface area contributed by atoms with Crippen molar-refractivity contribution in [1.29, 1.82) is 0 Å². The molecule has 0 spiro atoms. The van der Waals surface area contributed by atoms with E-state index in [1.807, 2.05) is 49.2 Å². The third-order valence-electron chi connectivity index (χ3n) is 3.33. The van der Waals surface area contributed by atoms with Crippen LogP contribution in [0.15, 0.2) is 39.8 Å². The average molecular weight is 377 g/mol. The number of ether oxygens (including phenoxy) is 1. The standard InChI is InChI=1S/C17H21BrN4O/c1-4-22(3)11-20-16-9-15(18)17(21-12(16)2)23-10-13-6-5-7-14(19)8-13/h5-9,11H,4,10,19H2,1-3H3. The second-order valence-corrected chi connectivity index (χ2v) is 6.09. The third kappa shape index (κ3) is 4.96. The van der Waals surface area contributed by atoms with Crippen LogP contribution in [0.1, 0.15) is 18.2 Å². The maximum Gasteiger partial charge on any atom is 0.228 e. The molecule has 1 aromatic carbocycles. The van der Waals surface area contributed by atoms with Crippen molar-refractivity contribution in [2.75, 3.05) is 19.3 Å². The summed E-state index contributed by atoms with van der Waals surface area (Å²) in [6.07, 6.45) is 1.80. The fraction of sp³-hybridized carbons (Fsp3) is 0.294.